The van der Waals surface area contributed by atoms with E-state index in [0.717, 1.165) is 22.9 Å². The second-order valence-electron chi connectivity index (χ2n) is 3.91. The molecule has 18 heavy (non-hydrogen) atoms. The van der Waals surface area contributed by atoms with Crippen molar-refractivity contribution in [2.45, 2.75) is 13.3 Å². The number of H-pyrrole nitrogens is 1. The molecule has 0 amide bonds. The summed E-state index contributed by atoms with van der Waals surface area (Å²) in [6, 6.07) is 7.54. The van der Waals surface area contributed by atoms with E-state index in [4.69, 9.17) is 10.4 Å². The van der Waals surface area contributed by atoms with Crippen LogP contribution in [0.4, 0.5) is 0 Å². The van der Waals surface area contributed by atoms with Crippen LogP contribution in [0.1, 0.15) is 18.1 Å². The molecule has 0 bridgehead atoms. The van der Waals surface area contributed by atoms with Crippen molar-refractivity contribution < 1.29 is 9.90 Å². The number of nitrogens with zero attached hydrogens (tertiary/aromatic N) is 1. The molecule has 1 heterocycles. The van der Waals surface area contributed by atoms with E-state index in [-0.39, 0.29) is 5.57 Å². The zero-order valence-corrected chi connectivity index (χ0v) is 9.90. The van der Waals surface area contributed by atoms with Gasteiger partial charge in [-0.05, 0) is 18.1 Å². The maximum atomic E-state index is 10.8. The summed E-state index contributed by atoms with van der Waals surface area (Å²) in [7, 11) is 0. The van der Waals surface area contributed by atoms with Crippen LogP contribution < -0.4 is 0 Å². The van der Waals surface area contributed by atoms with E-state index in [0.29, 0.717) is 0 Å². The number of aromatic amines is 1. The van der Waals surface area contributed by atoms with Crippen molar-refractivity contribution in [3.8, 4) is 6.07 Å². The van der Waals surface area contributed by atoms with Gasteiger partial charge >= 0.3 is 5.97 Å². The first kappa shape index (κ1) is 11.9. The van der Waals surface area contributed by atoms with Gasteiger partial charge in [0.15, 0.2) is 0 Å². The summed E-state index contributed by atoms with van der Waals surface area (Å²) in [5, 5.41) is 18.5. The van der Waals surface area contributed by atoms with Crippen LogP contribution in [0.2, 0.25) is 0 Å². The summed E-state index contributed by atoms with van der Waals surface area (Å²) in [6.07, 6.45) is 4.01. The fourth-order valence-corrected chi connectivity index (χ4v) is 1.95. The fraction of sp³-hybridized carbons (Fsp3) is 0.143. The minimum atomic E-state index is -1.21. The maximum Gasteiger partial charge on any atom is 0.346 e. The van der Waals surface area contributed by atoms with E-state index < -0.39 is 5.97 Å². The Bertz CT molecular complexity index is 675. The van der Waals surface area contributed by atoms with Crippen LogP contribution in [-0.2, 0) is 11.2 Å². The lowest BCUT2D eigenvalue weighted by atomic mass is 10.1. The Hall–Kier alpha value is -2.54. The van der Waals surface area contributed by atoms with Crippen LogP contribution in [0.15, 0.2) is 30.0 Å². The van der Waals surface area contributed by atoms with Crippen molar-refractivity contribution >= 4 is 22.9 Å². The van der Waals surface area contributed by atoms with E-state index in [1.54, 1.807) is 12.3 Å². The summed E-state index contributed by atoms with van der Waals surface area (Å²) in [6.45, 7) is 2.06. The highest BCUT2D eigenvalue weighted by atomic mass is 16.4. The largest absolute Gasteiger partial charge is 0.477 e. The highest BCUT2D eigenvalue weighted by Crippen LogP contribution is 2.24. The number of aryl methyl sites for hydroxylation is 1. The predicted molar refractivity (Wildman–Crippen MR) is 68.9 cm³/mol. The summed E-state index contributed by atoms with van der Waals surface area (Å²) in [5.41, 5.74) is 2.62. The highest BCUT2D eigenvalue weighted by Gasteiger charge is 2.09. The molecular formula is C14H12N2O2. The molecule has 2 aromatic rings. The number of nitriles is 1. The lowest BCUT2D eigenvalue weighted by Crippen LogP contribution is -1.97. The molecule has 90 valence electrons. The molecule has 0 fully saturated rings. The SMILES string of the molecule is CCc1cccc2c(/C=C(\C#N)C(=O)O)c[nH]c12. The molecule has 0 aliphatic rings. The number of benzene rings is 1. The van der Waals surface area contributed by atoms with Gasteiger partial charge in [-0.1, -0.05) is 25.1 Å². The van der Waals surface area contributed by atoms with Gasteiger partial charge < -0.3 is 10.1 Å². The molecule has 0 aliphatic heterocycles. The van der Waals surface area contributed by atoms with Gasteiger partial charge in [0.05, 0.1) is 0 Å². The van der Waals surface area contributed by atoms with Crippen molar-refractivity contribution in [2.75, 3.05) is 0 Å². The number of para-hydroxylation sites is 1. The van der Waals surface area contributed by atoms with Crippen LogP contribution in [0.5, 0.6) is 0 Å². The molecule has 0 unspecified atom stereocenters. The zero-order valence-electron chi connectivity index (χ0n) is 9.90. The fourth-order valence-electron chi connectivity index (χ4n) is 1.95. The summed E-state index contributed by atoms with van der Waals surface area (Å²) < 4.78 is 0. The zero-order chi connectivity index (χ0) is 13.1. The number of aromatic nitrogens is 1. The molecule has 1 aromatic heterocycles. The lowest BCUT2D eigenvalue weighted by Gasteiger charge is -1.99. The van der Waals surface area contributed by atoms with Crippen molar-refractivity contribution in [1.82, 2.24) is 4.98 Å². The molecule has 4 heteroatoms. The Balaban J connectivity index is 2.61. The molecule has 0 atom stereocenters. The maximum absolute atomic E-state index is 10.8. The Morgan fingerprint density at radius 1 is 1.56 bits per heavy atom. The number of carboxylic acid groups (broad SMARTS) is 1. The Kier molecular flexibility index (Phi) is 3.16. The highest BCUT2D eigenvalue weighted by molar-refractivity contribution is 6.00. The van der Waals surface area contributed by atoms with E-state index in [1.807, 2.05) is 18.2 Å². The molecule has 2 N–H and O–H groups in total. The monoisotopic (exact) mass is 240 g/mol. The van der Waals surface area contributed by atoms with Gasteiger partial charge in [0.2, 0.25) is 0 Å². The first-order valence-corrected chi connectivity index (χ1v) is 5.61. The van der Waals surface area contributed by atoms with Crippen LogP contribution in [-0.4, -0.2) is 16.1 Å². The molecule has 1 aromatic carbocycles. The molecule has 0 spiro atoms. The van der Waals surface area contributed by atoms with Crippen LogP contribution in [0.3, 0.4) is 0 Å². The molecule has 4 nitrogen and oxygen atoms in total. The van der Waals surface area contributed by atoms with Gasteiger partial charge in [-0.2, -0.15) is 5.26 Å². The normalized spacial score (nSPS) is 11.4. The minimum absolute atomic E-state index is 0.266. The minimum Gasteiger partial charge on any atom is -0.477 e. The Morgan fingerprint density at radius 3 is 2.94 bits per heavy atom. The summed E-state index contributed by atoms with van der Waals surface area (Å²) >= 11 is 0. The molecule has 0 aliphatic carbocycles. The van der Waals surface area contributed by atoms with E-state index in [1.165, 1.54) is 11.6 Å². The number of aliphatic carboxylic acids is 1. The molecular weight excluding hydrogens is 228 g/mol. The topological polar surface area (TPSA) is 76.9 Å². The molecule has 2 rings (SSSR count). The second kappa shape index (κ2) is 4.76. The van der Waals surface area contributed by atoms with Crippen LogP contribution >= 0.6 is 0 Å². The second-order valence-corrected chi connectivity index (χ2v) is 3.91. The van der Waals surface area contributed by atoms with Gasteiger partial charge in [-0.3, -0.25) is 0 Å². The van der Waals surface area contributed by atoms with E-state index >= 15 is 0 Å². The molecule has 0 saturated heterocycles. The third kappa shape index (κ3) is 1.98. The van der Waals surface area contributed by atoms with Crippen molar-refractivity contribution in [3.05, 3.63) is 41.1 Å². The number of rotatable bonds is 3. The van der Waals surface area contributed by atoms with Gasteiger partial charge in [0.25, 0.3) is 0 Å². The average Bonchev–Trinajstić information content (AvgIpc) is 2.78. The van der Waals surface area contributed by atoms with Crippen LogP contribution in [0, 0.1) is 11.3 Å². The van der Waals surface area contributed by atoms with Gasteiger partial charge in [-0.15, -0.1) is 0 Å². The average molecular weight is 240 g/mol. The third-order valence-corrected chi connectivity index (χ3v) is 2.87. The number of fused-ring (bicyclic) bond motifs is 1. The van der Waals surface area contributed by atoms with Crippen molar-refractivity contribution in [1.29, 1.82) is 5.26 Å². The van der Waals surface area contributed by atoms with Gasteiger partial charge in [-0.25, -0.2) is 4.79 Å². The summed E-state index contributed by atoms with van der Waals surface area (Å²) in [5.74, 6) is -1.21. The Morgan fingerprint density at radius 2 is 2.33 bits per heavy atom. The number of carbonyl (C=O) groups is 1. The Labute approximate surface area is 104 Å². The van der Waals surface area contributed by atoms with Gasteiger partial charge in [0, 0.05) is 22.7 Å². The van der Waals surface area contributed by atoms with Crippen LogP contribution in [0.25, 0.3) is 17.0 Å². The lowest BCUT2D eigenvalue weighted by molar-refractivity contribution is -0.132. The quantitative estimate of drug-likeness (QED) is 0.639. The number of hydrogen-bond donors (Lipinski definition) is 2. The first-order chi connectivity index (χ1) is 8.67. The third-order valence-electron chi connectivity index (χ3n) is 2.87. The standard InChI is InChI=1S/C14H12N2O2/c1-2-9-4-3-5-12-11(8-16-13(9)12)6-10(7-15)14(17)18/h3-6,8,16H,2H2,1H3,(H,17,18)/b10-6+. The number of hydrogen-bond acceptors (Lipinski definition) is 2. The van der Waals surface area contributed by atoms with Gasteiger partial charge in [0.1, 0.15) is 11.6 Å². The summed E-state index contributed by atoms with van der Waals surface area (Å²) in [4.78, 5) is 13.9. The predicted octanol–water partition coefficient (Wildman–Crippen LogP) is 2.72. The van der Waals surface area contributed by atoms with Crippen molar-refractivity contribution in [2.24, 2.45) is 0 Å². The molecule has 0 saturated carbocycles. The number of nitrogens with one attached hydrogen (secondary N) is 1. The van der Waals surface area contributed by atoms with E-state index in [2.05, 4.69) is 11.9 Å². The van der Waals surface area contributed by atoms with E-state index in [9.17, 15) is 4.79 Å². The number of carboxylic acids is 1. The smallest absolute Gasteiger partial charge is 0.346 e. The van der Waals surface area contributed by atoms with Crippen molar-refractivity contribution in [3.63, 3.8) is 0 Å². The first-order valence-electron chi connectivity index (χ1n) is 5.61. The molecule has 0 radical (unpaired) electrons.